The number of nitrogens with one attached hydrogen (secondary N) is 1. The average Bonchev–Trinajstić information content (AvgIpc) is 2.12. The molecule has 0 spiro atoms. The molecule has 0 bridgehead atoms. The van der Waals surface area contributed by atoms with Crippen molar-refractivity contribution in [3.63, 3.8) is 0 Å². The summed E-state index contributed by atoms with van der Waals surface area (Å²) in [6.45, 7) is 2.00. The van der Waals surface area contributed by atoms with E-state index in [1.54, 1.807) is 19.1 Å². The molecule has 1 aromatic carbocycles. The topological polar surface area (TPSA) is 58.6 Å². The lowest BCUT2D eigenvalue weighted by atomic mass is 10.3. The molecule has 2 N–H and O–H groups in total. The fraction of sp³-hybridized carbons (Fsp3) is 0.222. The van der Waals surface area contributed by atoms with E-state index in [9.17, 15) is 9.90 Å². The van der Waals surface area contributed by atoms with Crippen LogP contribution in [0.1, 0.15) is 6.92 Å². The van der Waals surface area contributed by atoms with Crippen LogP contribution in [0.15, 0.2) is 22.7 Å². The highest BCUT2D eigenvalue weighted by molar-refractivity contribution is 9.10. The Hall–Kier alpha value is -1.23. The van der Waals surface area contributed by atoms with Crippen LogP contribution < -0.4 is 5.32 Å². The quantitative estimate of drug-likeness (QED) is 0.804. The molecule has 0 aliphatic heterocycles. The minimum Gasteiger partial charge on any atom is -0.506 e. The Morgan fingerprint density at radius 1 is 1.64 bits per heavy atom. The minimum absolute atomic E-state index is 0.00116. The number of anilines is 1. The fourth-order valence-electron chi connectivity index (χ4n) is 0.886. The van der Waals surface area contributed by atoms with Crippen LogP contribution in [0.3, 0.4) is 0 Å². The predicted molar refractivity (Wildman–Crippen MR) is 56.5 cm³/mol. The van der Waals surface area contributed by atoms with Crippen molar-refractivity contribution in [2.75, 3.05) is 11.9 Å². The number of carbonyl (C=O) groups is 1. The summed E-state index contributed by atoms with van der Waals surface area (Å²) in [5.74, 6) is 0.00116. The number of benzene rings is 1. The molecule has 0 unspecified atom stereocenters. The monoisotopic (exact) mass is 259 g/mol. The summed E-state index contributed by atoms with van der Waals surface area (Å²) in [5, 5.41) is 11.8. The highest BCUT2D eigenvalue weighted by atomic mass is 79.9. The molecule has 0 atom stereocenters. The first-order valence-corrected chi connectivity index (χ1v) is 4.85. The van der Waals surface area contributed by atoms with E-state index in [0.717, 1.165) is 4.47 Å². The molecule has 4 nitrogen and oxygen atoms in total. The van der Waals surface area contributed by atoms with Gasteiger partial charge in [0.05, 0.1) is 12.3 Å². The third-order valence-corrected chi connectivity index (χ3v) is 1.96. The smallest absolute Gasteiger partial charge is 0.411 e. The van der Waals surface area contributed by atoms with Gasteiger partial charge in [-0.15, -0.1) is 0 Å². The summed E-state index contributed by atoms with van der Waals surface area (Å²) in [7, 11) is 0. The summed E-state index contributed by atoms with van der Waals surface area (Å²) in [6.07, 6.45) is -0.582. The molecule has 0 saturated carbocycles. The van der Waals surface area contributed by atoms with E-state index in [1.807, 2.05) is 0 Å². The predicted octanol–water partition coefficient (Wildman–Crippen LogP) is 2.72. The van der Waals surface area contributed by atoms with Crippen LogP contribution in [0, 0.1) is 0 Å². The van der Waals surface area contributed by atoms with Crippen molar-refractivity contribution in [1.82, 2.24) is 0 Å². The van der Waals surface area contributed by atoms with Gasteiger partial charge in [0.1, 0.15) is 5.75 Å². The Kier molecular flexibility index (Phi) is 3.76. The van der Waals surface area contributed by atoms with E-state index in [2.05, 4.69) is 26.0 Å². The molecule has 0 saturated heterocycles. The zero-order valence-corrected chi connectivity index (χ0v) is 9.17. The largest absolute Gasteiger partial charge is 0.506 e. The van der Waals surface area contributed by atoms with Gasteiger partial charge < -0.3 is 9.84 Å². The van der Waals surface area contributed by atoms with E-state index in [0.29, 0.717) is 12.3 Å². The van der Waals surface area contributed by atoms with Crippen molar-refractivity contribution in [3.8, 4) is 5.75 Å². The van der Waals surface area contributed by atoms with E-state index in [1.165, 1.54) is 6.07 Å². The number of phenolic OH excluding ortho intramolecular Hbond substituents is 1. The van der Waals surface area contributed by atoms with Gasteiger partial charge in [-0.05, 0) is 25.1 Å². The van der Waals surface area contributed by atoms with Crippen molar-refractivity contribution < 1.29 is 14.6 Å². The normalized spacial score (nSPS) is 9.57. The van der Waals surface area contributed by atoms with Gasteiger partial charge in [0, 0.05) is 4.47 Å². The van der Waals surface area contributed by atoms with Crippen molar-refractivity contribution in [3.05, 3.63) is 22.7 Å². The second kappa shape index (κ2) is 4.85. The van der Waals surface area contributed by atoms with Crippen LogP contribution in [-0.4, -0.2) is 17.8 Å². The second-order valence-electron chi connectivity index (χ2n) is 2.51. The molecule has 14 heavy (non-hydrogen) atoms. The summed E-state index contributed by atoms with van der Waals surface area (Å²) in [5.41, 5.74) is 0.317. The number of carbonyl (C=O) groups excluding carboxylic acids is 1. The van der Waals surface area contributed by atoms with Crippen LogP contribution in [0.5, 0.6) is 5.75 Å². The Balaban J connectivity index is 2.75. The first-order chi connectivity index (χ1) is 6.63. The molecular weight excluding hydrogens is 250 g/mol. The van der Waals surface area contributed by atoms with Gasteiger partial charge in [0.25, 0.3) is 0 Å². The minimum atomic E-state index is -0.582. The lowest BCUT2D eigenvalue weighted by Crippen LogP contribution is -2.13. The van der Waals surface area contributed by atoms with Crippen molar-refractivity contribution in [2.24, 2.45) is 0 Å². The molecule has 1 aromatic rings. The maximum Gasteiger partial charge on any atom is 0.411 e. The molecule has 0 aliphatic rings. The summed E-state index contributed by atoms with van der Waals surface area (Å²) >= 11 is 3.22. The SMILES string of the molecule is CCOC(=O)Nc1cc(Br)ccc1O. The zero-order valence-electron chi connectivity index (χ0n) is 7.58. The molecule has 0 fully saturated rings. The van der Waals surface area contributed by atoms with Crippen LogP contribution in [0.25, 0.3) is 0 Å². The number of amides is 1. The number of phenols is 1. The summed E-state index contributed by atoms with van der Waals surface area (Å²) < 4.78 is 5.43. The standard InChI is InChI=1S/C9H10BrNO3/c1-2-14-9(13)11-7-5-6(10)3-4-8(7)12/h3-5,12H,2H2,1H3,(H,11,13). The summed E-state index contributed by atoms with van der Waals surface area (Å²) in [4.78, 5) is 11.0. The van der Waals surface area contributed by atoms with Gasteiger partial charge in [-0.3, -0.25) is 5.32 Å². The molecule has 1 amide bonds. The highest BCUT2D eigenvalue weighted by Gasteiger charge is 2.06. The fourth-order valence-corrected chi connectivity index (χ4v) is 1.25. The number of hydrogen-bond donors (Lipinski definition) is 2. The Morgan fingerprint density at radius 2 is 2.36 bits per heavy atom. The van der Waals surface area contributed by atoms with E-state index < -0.39 is 6.09 Å². The molecule has 1 rings (SSSR count). The molecular formula is C9H10BrNO3. The van der Waals surface area contributed by atoms with E-state index in [4.69, 9.17) is 0 Å². The number of hydrogen-bond acceptors (Lipinski definition) is 3. The van der Waals surface area contributed by atoms with Gasteiger partial charge in [-0.25, -0.2) is 4.79 Å². The molecule has 5 heteroatoms. The number of aromatic hydroxyl groups is 1. The lowest BCUT2D eigenvalue weighted by molar-refractivity contribution is 0.168. The van der Waals surface area contributed by atoms with Crippen LogP contribution in [0.4, 0.5) is 10.5 Å². The van der Waals surface area contributed by atoms with Crippen molar-refractivity contribution in [2.45, 2.75) is 6.92 Å². The van der Waals surface area contributed by atoms with Gasteiger partial charge in [-0.1, -0.05) is 15.9 Å². The lowest BCUT2D eigenvalue weighted by Gasteiger charge is -2.07. The third-order valence-electron chi connectivity index (χ3n) is 1.47. The average molecular weight is 260 g/mol. The highest BCUT2D eigenvalue weighted by Crippen LogP contribution is 2.26. The van der Waals surface area contributed by atoms with Gasteiger partial charge in [0.15, 0.2) is 0 Å². The third kappa shape index (κ3) is 2.92. The molecule has 0 heterocycles. The van der Waals surface area contributed by atoms with E-state index >= 15 is 0 Å². The Labute approximate surface area is 90.0 Å². The van der Waals surface area contributed by atoms with Gasteiger partial charge in [-0.2, -0.15) is 0 Å². The Morgan fingerprint density at radius 3 is 3.00 bits per heavy atom. The first kappa shape index (κ1) is 10.8. The molecule has 0 radical (unpaired) electrons. The second-order valence-corrected chi connectivity index (χ2v) is 3.42. The van der Waals surface area contributed by atoms with Gasteiger partial charge in [0.2, 0.25) is 0 Å². The van der Waals surface area contributed by atoms with Gasteiger partial charge >= 0.3 is 6.09 Å². The maximum absolute atomic E-state index is 11.0. The maximum atomic E-state index is 11.0. The van der Waals surface area contributed by atoms with Crippen LogP contribution in [-0.2, 0) is 4.74 Å². The molecule has 0 aromatic heterocycles. The zero-order chi connectivity index (χ0) is 10.6. The number of halogens is 1. The molecule has 0 aliphatic carbocycles. The van der Waals surface area contributed by atoms with Crippen molar-refractivity contribution in [1.29, 1.82) is 0 Å². The van der Waals surface area contributed by atoms with Crippen LogP contribution >= 0.6 is 15.9 Å². The van der Waals surface area contributed by atoms with E-state index in [-0.39, 0.29) is 5.75 Å². The number of ether oxygens (including phenoxy) is 1. The Bertz CT molecular complexity index is 341. The summed E-state index contributed by atoms with van der Waals surface area (Å²) in [6, 6.07) is 4.74. The first-order valence-electron chi connectivity index (χ1n) is 4.05. The number of rotatable bonds is 2. The molecule has 76 valence electrons. The van der Waals surface area contributed by atoms with Crippen molar-refractivity contribution >= 4 is 27.7 Å². The van der Waals surface area contributed by atoms with Crippen LogP contribution in [0.2, 0.25) is 0 Å².